The first-order valence-corrected chi connectivity index (χ1v) is 14.9. The maximum absolute atomic E-state index is 13.8. The van der Waals surface area contributed by atoms with E-state index in [4.69, 9.17) is 0 Å². The molecule has 0 aliphatic carbocycles. The number of aryl methyl sites for hydroxylation is 3. The van der Waals surface area contributed by atoms with Crippen LogP contribution in [0.2, 0.25) is 0 Å². The van der Waals surface area contributed by atoms with Crippen LogP contribution >= 0.6 is 0 Å². The van der Waals surface area contributed by atoms with Crippen LogP contribution in [0.1, 0.15) is 69.2 Å². The van der Waals surface area contributed by atoms with Gasteiger partial charge in [0.25, 0.3) is 23.6 Å². The molecule has 0 radical (unpaired) electrons. The van der Waals surface area contributed by atoms with Gasteiger partial charge in [0.1, 0.15) is 0 Å². The minimum Gasteiger partial charge on any atom is -0.268 e. The lowest BCUT2D eigenvalue weighted by atomic mass is 9.99. The topological polar surface area (TPSA) is 74.8 Å². The number of carbonyl (C=O) groups excluding carboxylic acids is 4. The van der Waals surface area contributed by atoms with Gasteiger partial charge in [-0.3, -0.25) is 19.2 Å². The second-order valence-electron chi connectivity index (χ2n) is 12.0. The number of rotatable bonds is 4. The first-order valence-electron chi connectivity index (χ1n) is 14.9. The molecule has 2 aliphatic heterocycles. The molecule has 4 amide bonds. The minimum atomic E-state index is -0.400. The Morgan fingerprint density at radius 2 is 0.800 bits per heavy atom. The molecule has 5 aromatic rings. The van der Waals surface area contributed by atoms with Gasteiger partial charge in [-0.25, -0.2) is 9.80 Å². The van der Waals surface area contributed by atoms with E-state index in [2.05, 4.69) is 0 Å². The Bertz CT molecular complexity index is 2120. The van der Waals surface area contributed by atoms with Crippen LogP contribution in [0, 0.1) is 34.6 Å². The summed E-state index contributed by atoms with van der Waals surface area (Å²) in [5, 5.41) is 0. The largest absolute Gasteiger partial charge is 0.268 e. The van der Waals surface area contributed by atoms with E-state index in [0.29, 0.717) is 50.3 Å². The number of imide groups is 2. The molecule has 6 nitrogen and oxygen atoms in total. The molecule has 0 spiro atoms. The van der Waals surface area contributed by atoms with Crippen LogP contribution in [0.5, 0.6) is 0 Å². The molecule has 0 N–H and O–H groups in total. The van der Waals surface area contributed by atoms with Crippen molar-refractivity contribution in [1.29, 1.82) is 0 Å². The predicted molar refractivity (Wildman–Crippen MR) is 176 cm³/mol. The second kappa shape index (κ2) is 10.2. The Morgan fingerprint density at radius 1 is 0.400 bits per heavy atom. The molecule has 220 valence electrons. The van der Waals surface area contributed by atoms with Gasteiger partial charge in [-0.2, -0.15) is 0 Å². The van der Waals surface area contributed by atoms with E-state index < -0.39 is 23.6 Å². The molecule has 0 saturated carbocycles. The van der Waals surface area contributed by atoms with E-state index in [9.17, 15) is 19.2 Å². The van der Waals surface area contributed by atoms with Gasteiger partial charge in [-0.05, 0) is 104 Å². The van der Waals surface area contributed by atoms with Gasteiger partial charge < -0.3 is 0 Å². The third-order valence-corrected chi connectivity index (χ3v) is 9.04. The predicted octanol–water partition coefficient (Wildman–Crippen LogP) is 8.16. The standard InChI is InChI=1S/C39H30N2O4/c1-21-6-10-26(11-7-21)28-14-16-30-32(19-28)38(44)40(36(30)42)34-18-23(3)35(25(5)24(34)4)41-37(43)31-17-15-29(20-33(31)39(41)45)27-12-8-22(2)9-13-27/h6-20H,1-5H3. The summed E-state index contributed by atoms with van der Waals surface area (Å²) < 4.78 is 0. The van der Waals surface area contributed by atoms with Crippen molar-refractivity contribution in [3.63, 3.8) is 0 Å². The van der Waals surface area contributed by atoms with E-state index in [-0.39, 0.29) is 0 Å². The maximum atomic E-state index is 13.8. The molecule has 0 atom stereocenters. The van der Waals surface area contributed by atoms with Crippen molar-refractivity contribution < 1.29 is 19.2 Å². The Labute approximate surface area is 261 Å². The van der Waals surface area contributed by atoms with E-state index in [1.807, 2.05) is 88.4 Å². The van der Waals surface area contributed by atoms with E-state index in [0.717, 1.165) is 33.4 Å². The molecule has 0 bridgehead atoms. The molecule has 0 aromatic heterocycles. The van der Waals surface area contributed by atoms with Gasteiger partial charge >= 0.3 is 0 Å². The van der Waals surface area contributed by atoms with Crippen LogP contribution in [0.3, 0.4) is 0 Å². The van der Waals surface area contributed by atoms with Crippen LogP contribution < -0.4 is 9.80 Å². The van der Waals surface area contributed by atoms with Gasteiger partial charge in [-0.1, -0.05) is 71.8 Å². The monoisotopic (exact) mass is 590 g/mol. The fraction of sp³-hybridized carbons (Fsp3) is 0.128. The summed E-state index contributed by atoms with van der Waals surface area (Å²) in [7, 11) is 0. The normalized spacial score (nSPS) is 14.0. The molecule has 5 aromatic carbocycles. The summed E-state index contributed by atoms with van der Waals surface area (Å²) in [6, 6.07) is 28.4. The molecule has 2 heterocycles. The lowest BCUT2D eigenvalue weighted by Gasteiger charge is -2.25. The number of fused-ring (bicyclic) bond motifs is 2. The number of anilines is 2. The SMILES string of the molecule is Cc1ccc(-c2ccc3c(c2)C(=O)N(c2cc(C)c(N4C(=O)c5ccc(-c6ccc(C)cc6)cc5C4=O)c(C)c2C)C3=O)cc1. The van der Waals surface area contributed by atoms with Gasteiger partial charge in [0.05, 0.1) is 33.6 Å². The van der Waals surface area contributed by atoms with Crippen molar-refractivity contribution in [2.45, 2.75) is 34.6 Å². The molecule has 0 unspecified atom stereocenters. The van der Waals surface area contributed by atoms with E-state index in [1.54, 1.807) is 37.3 Å². The zero-order chi connectivity index (χ0) is 31.7. The Morgan fingerprint density at radius 3 is 1.29 bits per heavy atom. The maximum Gasteiger partial charge on any atom is 0.266 e. The number of hydrogen-bond donors (Lipinski definition) is 0. The van der Waals surface area contributed by atoms with Crippen LogP contribution in [0.25, 0.3) is 22.3 Å². The van der Waals surface area contributed by atoms with Crippen molar-refractivity contribution in [2.75, 3.05) is 9.80 Å². The lowest BCUT2D eigenvalue weighted by Crippen LogP contribution is -2.33. The Kier molecular flexibility index (Phi) is 6.41. The highest BCUT2D eigenvalue weighted by Gasteiger charge is 2.41. The highest BCUT2D eigenvalue weighted by molar-refractivity contribution is 6.36. The smallest absolute Gasteiger partial charge is 0.266 e. The third kappa shape index (κ3) is 4.32. The molecule has 6 heteroatoms. The van der Waals surface area contributed by atoms with Crippen molar-refractivity contribution in [1.82, 2.24) is 0 Å². The average molecular weight is 591 g/mol. The number of hydrogen-bond acceptors (Lipinski definition) is 4. The van der Waals surface area contributed by atoms with Gasteiger partial charge in [-0.15, -0.1) is 0 Å². The Hall–Kier alpha value is -5.62. The van der Waals surface area contributed by atoms with E-state index >= 15 is 0 Å². The van der Waals surface area contributed by atoms with Crippen LogP contribution in [-0.4, -0.2) is 23.6 Å². The van der Waals surface area contributed by atoms with Crippen molar-refractivity contribution in [2.24, 2.45) is 0 Å². The molecule has 0 saturated heterocycles. The highest BCUT2D eigenvalue weighted by Crippen LogP contribution is 2.41. The van der Waals surface area contributed by atoms with Crippen LogP contribution in [0.4, 0.5) is 11.4 Å². The summed E-state index contributed by atoms with van der Waals surface area (Å²) in [4.78, 5) is 57.3. The molecule has 0 fully saturated rings. The first-order chi connectivity index (χ1) is 21.5. The zero-order valence-electron chi connectivity index (χ0n) is 25.7. The number of nitrogens with zero attached hydrogens (tertiary/aromatic N) is 2. The fourth-order valence-corrected chi connectivity index (χ4v) is 6.38. The summed E-state index contributed by atoms with van der Waals surface area (Å²) in [6.45, 7) is 9.45. The molecule has 7 rings (SSSR count). The fourth-order valence-electron chi connectivity index (χ4n) is 6.38. The quantitative estimate of drug-likeness (QED) is 0.198. The van der Waals surface area contributed by atoms with E-state index in [1.165, 1.54) is 9.80 Å². The van der Waals surface area contributed by atoms with Gasteiger partial charge in [0, 0.05) is 0 Å². The zero-order valence-corrected chi connectivity index (χ0v) is 25.7. The van der Waals surface area contributed by atoms with Crippen LogP contribution in [0.15, 0.2) is 91.0 Å². The second-order valence-corrected chi connectivity index (χ2v) is 12.0. The van der Waals surface area contributed by atoms with Gasteiger partial charge in [0.2, 0.25) is 0 Å². The number of benzene rings is 5. The minimum absolute atomic E-state index is 0.347. The summed E-state index contributed by atoms with van der Waals surface area (Å²) in [5.41, 5.74) is 10.1. The molecular formula is C39H30N2O4. The molecule has 45 heavy (non-hydrogen) atoms. The lowest BCUT2D eigenvalue weighted by molar-refractivity contribution is 0.0909. The van der Waals surface area contributed by atoms with Crippen molar-refractivity contribution in [3.05, 3.63) is 141 Å². The van der Waals surface area contributed by atoms with Crippen molar-refractivity contribution >= 4 is 35.0 Å². The summed E-state index contributed by atoms with van der Waals surface area (Å²) in [6.07, 6.45) is 0. The first kappa shape index (κ1) is 28.2. The number of amides is 4. The summed E-state index contributed by atoms with van der Waals surface area (Å²) >= 11 is 0. The number of carbonyl (C=O) groups is 4. The highest BCUT2D eigenvalue weighted by atomic mass is 16.2. The van der Waals surface area contributed by atoms with Gasteiger partial charge in [0.15, 0.2) is 0 Å². The average Bonchev–Trinajstić information content (AvgIpc) is 3.43. The third-order valence-electron chi connectivity index (χ3n) is 9.04. The van der Waals surface area contributed by atoms with Crippen molar-refractivity contribution in [3.8, 4) is 22.3 Å². The van der Waals surface area contributed by atoms with Crippen LogP contribution in [-0.2, 0) is 0 Å². The molecule has 2 aliphatic rings. The molecular weight excluding hydrogens is 560 g/mol. The summed E-state index contributed by atoms with van der Waals surface area (Å²) in [5.74, 6) is -1.59. The Balaban J connectivity index is 1.24.